The summed E-state index contributed by atoms with van der Waals surface area (Å²) in [6.07, 6.45) is 5.75. The summed E-state index contributed by atoms with van der Waals surface area (Å²) in [6.45, 7) is 1.94. The summed E-state index contributed by atoms with van der Waals surface area (Å²) in [7, 11) is 0. The third-order valence-corrected chi connectivity index (χ3v) is 6.03. The highest BCUT2D eigenvalue weighted by atomic mass is 16.5. The number of nitrogens with one attached hydrogen (secondary N) is 1. The van der Waals surface area contributed by atoms with Crippen LogP contribution in [0.15, 0.2) is 90.1 Å². The second-order valence-corrected chi connectivity index (χ2v) is 8.70. The number of Topliss-reactive ketones (excluding diaryl/α,β-unsaturated/α-hetero) is 1. The topological polar surface area (TPSA) is 102 Å². The van der Waals surface area contributed by atoms with Crippen LogP contribution in [0.3, 0.4) is 0 Å². The van der Waals surface area contributed by atoms with E-state index in [9.17, 15) is 4.79 Å². The molecule has 0 atom stereocenters. The molecule has 0 bridgehead atoms. The molecule has 6 rings (SSSR count). The number of nitrogens with zero attached hydrogens (tertiary/aromatic N) is 5. The first kappa shape index (κ1) is 21.7. The SMILES string of the molecule is Cc1cn(-c2ncnc3[nH]c(-c4ccc(CC(=O)Cc5cc(-c6ccccc6)no5)cc4)cc23)cn1. The highest BCUT2D eigenvalue weighted by Crippen LogP contribution is 2.27. The summed E-state index contributed by atoms with van der Waals surface area (Å²) in [6, 6.07) is 21.6. The zero-order valence-corrected chi connectivity index (χ0v) is 19.5. The molecule has 8 nitrogen and oxygen atoms in total. The van der Waals surface area contributed by atoms with E-state index < -0.39 is 0 Å². The maximum atomic E-state index is 12.7. The number of hydrogen-bond acceptors (Lipinski definition) is 6. The first-order valence-electron chi connectivity index (χ1n) is 11.6. The lowest BCUT2D eigenvalue weighted by atomic mass is 10.0. The number of H-pyrrole nitrogens is 1. The molecular formula is C28H22N6O2. The number of carbonyl (C=O) groups is 1. The summed E-state index contributed by atoms with van der Waals surface area (Å²) in [5, 5.41) is 5.00. The second kappa shape index (κ2) is 9.07. The minimum absolute atomic E-state index is 0.0691. The van der Waals surface area contributed by atoms with Crippen molar-refractivity contribution in [2.75, 3.05) is 0 Å². The number of aromatic amines is 1. The lowest BCUT2D eigenvalue weighted by molar-refractivity contribution is -0.118. The standard InChI is InChI=1S/C28H22N6O2/c1-18-15-34(17-31-18)28-24-14-25(32-27(24)29-16-30-28)21-9-7-19(8-10-21)11-22(35)12-23-13-26(33-36-23)20-5-3-2-4-6-20/h2-10,13-17H,11-12H2,1H3,(H,29,30,32). The molecule has 0 aliphatic heterocycles. The van der Waals surface area contributed by atoms with Crippen LogP contribution in [0, 0.1) is 6.92 Å². The number of aryl methyl sites for hydroxylation is 1. The Hall–Kier alpha value is -4.85. The van der Waals surface area contributed by atoms with Gasteiger partial charge in [0.1, 0.15) is 35.5 Å². The van der Waals surface area contributed by atoms with Crippen LogP contribution in [-0.2, 0) is 17.6 Å². The Labute approximate surface area is 206 Å². The summed E-state index contributed by atoms with van der Waals surface area (Å²) >= 11 is 0. The van der Waals surface area contributed by atoms with Gasteiger partial charge in [0, 0.05) is 29.9 Å². The summed E-state index contributed by atoms with van der Waals surface area (Å²) in [5.74, 6) is 1.41. The Kier molecular flexibility index (Phi) is 5.46. The monoisotopic (exact) mass is 474 g/mol. The third-order valence-electron chi connectivity index (χ3n) is 6.03. The molecule has 4 heterocycles. The first-order chi connectivity index (χ1) is 17.6. The number of ketones is 1. The Morgan fingerprint density at radius 2 is 1.78 bits per heavy atom. The Balaban J connectivity index is 1.16. The number of fused-ring (bicyclic) bond motifs is 1. The first-order valence-corrected chi connectivity index (χ1v) is 11.6. The van der Waals surface area contributed by atoms with E-state index in [1.54, 1.807) is 12.7 Å². The minimum atomic E-state index is 0.0691. The van der Waals surface area contributed by atoms with Gasteiger partial charge in [0.05, 0.1) is 17.5 Å². The van der Waals surface area contributed by atoms with E-state index in [1.807, 2.05) is 84.4 Å². The maximum absolute atomic E-state index is 12.7. The van der Waals surface area contributed by atoms with Crippen molar-refractivity contribution in [3.8, 4) is 28.3 Å². The molecule has 0 saturated carbocycles. The molecule has 0 spiro atoms. The van der Waals surface area contributed by atoms with Crippen LogP contribution in [0.4, 0.5) is 0 Å². The van der Waals surface area contributed by atoms with Gasteiger partial charge in [-0.15, -0.1) is 0 Å². The van der Waals surface area contributed by atoms with Crippen LogP contribution in [0.5, 0.6) is 0 Å². The van der Waals surface area contributed by atoms with E-state index >= 15 is 0 Å². The van der Waals surface area contributed by atoms with Gasteiger partial charge in [-0.2, -0.15) is 0 Å². The number of imidazole rings is 1. The molecule has 0 unspecified atom stereocenters. The van der Waals surface area contributed by atoms with E-state index in [2.05, 4.69) is 25.1 Å². The number of aromatic nitrogens is 6. The van der Waals surface area contributed by atoms with Gasteiger partial charge in [0.25, 0.3) is 0 Å². The maximum Gasteiger partial charge on any atom is 0.150 e. The van der Waals surface area contributed by atoms with E-state index in [4.69, 9.17) is 4.52 Å². The molecule has 8 heteroatoms. The smallest absolute Gasteiger partial charge is 0.150 e. The van der Waals surface area contributed by atoms with E-state index in [0.717, 1.165) is 50.6 Å². The molecule has 6 aromatic rings. The van der Waals surface area contributed by atoms with Crippen LogP contribution in [-0.4, -0.2) is 35.4 Å². The van der Waals surface area contributed by atoms with Gasteiger partial charge in [-0.1, -0.05) is 59.8 Å². The van der Waals surface area contributed by atoms with E-state index in [1.165, 1.54) is 0 Å². The van der Waals surface area contributed by atoms with Gasteiger partial charge in [-0.05, 0) is 24.1 Å². The van der Waals surface area contributed by atoms with Gasteiger partial charge in [0.15, 0.2) is 5.82 Å². The molecule has 36 heavy (non-hydrogen) atoms. The van der Waals surface area contributed by atoms with Gasteiger partial charge < -0.3 is 9.51 Å². The normalized spacial score (nSPS) is 11.2. The van der Waals surface area contributed by atoms with Gasteiger partial charge in [-0.25, -0.2) is 15.0 Å². The van der Waals surface area contributed by atoms with Crippen LogP contribution < -0.4 is 0 Å². The predicted octanol–water partition coefficient (Wildman–Crippen LogP) is 5.13. The molecule has 2 aromatic carbocycles. The zero-order chi connectivity index (χ0) is 24.5. The molecular weight excluding hydrogens is 452 g/mol. The summed E-state index contributed by atoms with van der Waals surface area (Å²) in [5.41, 5.74) is 6.24. The summed E-state index contributed by atoms with van der Waals surface area (Å²) in [4.78, 5) is 29.1. The van der Waals surface area contributed by atoms with Crippen LogP contribution in [0.25, 0.3) is 39.4 Å². The van der Waals surface area contributed by atoms with Crippen molar-refractivity contribution in [2.45, 2.75) is 19.8 Å². The fraction of sp³-hybridized carbons (Fsp3) is 0.107. The Morgan fingerprint density at radius 1 is 0.944 bits per heavy atom. The number of hydrogen-bond donors (Lipinski definition) is 1. The average Bonchev–Trinajstić information content (AvgIpc) is 3.64. The highest BCUT2D eigenvalue weighted by Gasteiger charge is 2.13. The molecule has 1 N–H and O–H groups in total. The van der Waals surface area contributed by atoms with Crippen molar-refractivity contribution in [3.63, 3.8) is 0 Å². The van der Waals surface area contributed by atoms with E-state index in [-0.39, 0.29) is 12.2 Å². The predicted molar refractivity (Wildman–Crippen MR) is 136 cm³/mol. The average molecular weight is 475 g/mol. The van der Waals surface area contributed by atoms with E-state index in [0.29, 0.717) is 12.2 Å². The zero-order valence-electron chi connectivity index (χ0n) is 19.5. The van der Waals surface area contributed by atoms with Gasteiger partial charge in [0.2, 0.25) is 0 Å². The molecule has 4 aromatic heterocycles. The fourth-order valence-corrected chi connectivity index (χ4v) is 4.25. The fourth-order valence-electron chi connectivity index (χ4n) is 4.25. The summed E-state index contributed by atoms with van der Waals surface area (Å²) < 4.78 is 7.28. The molecule has 176 valence electrons. The Morgan fingerprint density at radius 3 is 2.56 bits per heavy atom. The van der Waals surface area contributed by atoms with Crippen molar-refractivity contribution in [1.82, 2.24) is 29.7 Å². The quantitative estimate of drug-likeness (QED) is 0.344. The van der Waals surface area contributed by atoms with Crippen molar-refractivity contribution < 1.29 is 9.32 Å². The Bertz CT molecular complexity index is 1660. The number of carbonyl (C=O) groups excluding carboxylic acids is 1. The van der Waals surface area contributed by atoms with Crippen molar-refractivity contribution in [1.29, 1.82) is 0 Å². The molecule has 0 amide bonds. The van der Waals surface area contributed by atoms with Crippen LogP contribution in [0.1, 0.15) is 17.0 Å². The largest absolute Gasteiger partial charge is 0.360 e. The van der Waals surface area contributed by atoms with Crippen LogP contribution >= 0.6 is 0 Å². The van der Waals surface area contributed by atoms with Gasteiger partial charge in [-0.3, -0.25) is 9.36 Å². The van der Waals surface area contributed by atoms with Crippen molar-refractivity contribution >= 4 is 16.8 Å². The number of benzene rings is 2. The molecule has 0 fully saturated rings. The molecule has 0 radical (unpaired) electrons. The van der Waals surface area contributed by atoms with Gasteiger partial charge >= 0.3 is 0 Å². The van der Waals surface area contributed by atoms with Crippen LogP contribution in [0.2, 0.25) is 0 Å². The minimum Gasteiger partial charge on any atom is -0.360 e. The highest BCUT2D eigenvalue weighted by molar-refractivity contribution is 5.88. The second-order valence-electron chi connectivity index (χ2n) is 8.70. The lowest BCUT2D eigenvalue weighted by Crippen LogP contribution is -2.05. The van der Waals surface area contributed by atoms with Crippen molar-refractivity contribution in [2.24, 2.45) is 0 Å². The molecule has 0 aliphatic rings. The molecule has 0 saturated heterocycles. The molecule has 0 aliphatic carbocycles. The third kappa shape index (κ3) is 4.32. The van der Waals surface area contributed by atoms with Crippen molar-refractivity contribution in [3.05, 3.63) is 103 Å². The number of rotatable bonds is 7. The lowest BCUT2D eigenvalue weighted by Gasteiger charge is -2.02.